The lowest BCUT2D eigenvalue weighted by Crippen LogP contribution is -2.27. The van der Waals surface area contributed by atoms with Gasteiger partial charge in [-0.25, -0.2) is 4.98 Å². The number of benzene rings is 1. The van der Waals surface area contributed by atoms with Crippen LogP contribution >= 0.6 is 0 Å². The summed E-state index contributed by atoms with van der Waals surface area (Å²) in [5.41, 5.74) is 1.48. The topological polar surface area (TPSA) is 88.0 Å². The van der Waals surface area contributed by atoms with Gasteiger partial charge in [-0.3, -0.25) is 9.78 Å². The molecule has 1 amide bonds. The second-order valence-electron chi connectivity index (χ2n) is 5.17. The van der Waals surface area contributed by atoms with Crippen molar-refractivity contribution < 1.29 is 9.90 Å². The summed E-state index contributed by atoms with van der Waals surface area (Å²) in [6, 6.07) is 15.3. The Balaban J connectivity index is 1.78. The number of hydrogen-bond acceptors (Lipinski definition) is 5. The highest BCUT2D eigenvalue weighted by Gasteiger charge is 2.17. The number of nitrogens with one attached hydrogen (secondary N) is 1. The molecule has 1 radical (unpaired) electrons. The number of nitrogens with zero attached hydrogens (tertiary/aromatic N) is 3. The molecule has 1 aromatic carbocycles. The maximum absolute atomic E-state index is 12.3. The van der Waals surface area contributed by atoms with Crippen LogP contribution in [0.15, 0.2) is 54.9 Å². The molecule has 0 saturated carbocycles. The molecule has 0 unspecified atom stereocenters. The molecule has 6 nitrogen and oxygen atoms in total. The molecule has 2 aromatic heterocycles. The van der Waals surface area contributed by atoms with Crippen LogP contribution in [0, 0.1) is 6.07 Å². The van der Waals surface area contributed by atoms with Crippen LogP contribution in [0.25, 0.3) is 11.5 Å². The van der Waals surface area contributed by atoms with Crippen LogP contribution < -0.4 is 5.32 Å². The van der Waals surface area contributed by atoms with E-state index in [0.717, 1.165) is 5.56 Å². The van der Waals surface area contributed by atoms with Crippen LogP contribution in [0.4, 0.5) is 0 Å². The van der Waals surface area contributed by atoms with Crippen molar-refractivity contribution in [1.82, 2.24) is 20.3 Å². The Morgan fingerprint density at radius 3 is 2.67 bits per heavy atom. The molecule has 6 heteroatoms. The van der Waals surface area contributed by atoms with Gasteiger partial charge in [-0.05, 0) is 30.7 Å². The zero-order valence-corrected chi connectivity index (χ0v) is 13.0. The zero-order valence-electron chi connectivity index (χ0n) is 13.0. The number of rotatable bonds is 4. The molecule has 0 saturated heterocycles. The third kappa shape index (κ3) is 3.38. The Morgan fingerprint density at radius 2 is 2.00 bits per heavy atom. The van der Waals surface area contributed by atoms with E-state index in [1.807, 2.05) is 19.1 Å². The normalized spacial score (nSPS) is 11.7. The summed E-state index contributed by atoms with van der Waals surface area (Å²) in [7, 11) is 0. The van der Waals surface area contributed by atoms with Crippen molar-refractivity contribution >= 4 is 5.91 Å². The molecule has 3 rings (SSSR count). The highest BCUT2D eigenvalue weighted by atomic mass is 16.3. The fourth-order valence-electron chi connectivity index (χ4n) is 2.20. The molecule has 24 heavy (non-hydrogen) atoms. The van der Waals surface area contributed by atoms with Gasteiger partial charge in [-0.2, -0.15) is 4.98 Å². The SMILES string of the molecule is C[C@@H](NC(=O)c1cnc(-c2ccccn2)nc1O)c1cc[c]cc1. The van der Waals surface area contributed by atoms with Gasteiger partial charge in [0.05, 0.1) is 6.04 Å². The van der Waals surface area contributed by atoms with Gasteiger partial charge in [0.1, 0.15) is 11.3 Å². The number of amides is 1. The third-order valence-corrected chi connectivity index (χ3v) is 3.50. The van der Waals surface area contributed by atoms with Crippen molar-refractivity contribution in [2.75, 3.05) is 0 Å². The molecule has 3 aromatic rings. The van der Waals surface area contributed by atoms with Gasteiger partial charge in [-0.1, -0.05) is 30.3 Å². The highest BCUT2D eigenvalue weighted by Crippen LogP contribution is 2.19. The van der Waals surface area contributed by atoms with Gasteiger partial charge < -0.3 is 10.4 Å². The van der Waals surface area contributed by atoms with Crippen molar-refractivity contribution in [2.24, 2.45) is 0 Å². The average Bonchev–Trinajstić information content (AvgIpc) is 2.63. The lowest BCUT2D eigenvalue weighted by molar-refractivity contribution is 0.0936. The summed E-state index contributed by atoms with van der Waals surface area (Å²) >= 11 is 0. The van der Waals surface area contributed by atoms with Crippen LogP contribution in [0.5, 0.6) is 5.88 Å². The molecule has 0 spiro atoms. The average molecular weight is 319 g/mol. The first-order chi connectivity index (χ1) is 11.6. The summed E-state index contributed by atoms with van der Waals surface area (Å²) < 4.78 is 0. The second kappa shape index (κ2) is 6.87. The standard InChI is InChI=1S/C18H15N4O2/c1-12(13-7-3-2-4-8-13)21-17(23)14-11-20-16(22-18(14)24)15-9-5-6-10-19-15/h3-12H,1H3,(H,21,23)(H,20,22,24)/t12-/m1/s1. The fourth-order valence-corrected chi connectivity index (χ4v) is 2.20. The molecule has 1 atom stereocenters. The molecular formula is C18H15N4O2. The Labute approximate surface area is 139 Å². The van der Waals surface area contributed by atoms with E-state index < -0.39 is 5.91 Å². The molecular weight excluding hydrogens is 304 g/mol. The number of carbonyl (C=O) groups excluding carboxylic acids is 1. The van der Waals surface area contributed by atoms with Gasteiger partial charge in [0, 0.05) is 12.4 Å². The van der Waals surface area contributed by atoms with Crippen LogP contribution in [0.2, 0.25) is 0 Å². The summed E-state index contributed by atoms with van der Waals surface area (Å²) in [6.07, 6.45) is 2.91. The first-order valence-corrected chi connectivity index (χ1v) is 7.39. The van der Waals surface area contributed by atoms with Crippen molar-refractivity contribution in [3.63, 3.8) is 0 Å². The summed E-state index contributed by atoms with van der Waals surface area (Å²) in [4.78, 5) is 24.5. The quantitative estimate of drug-likeness (QED) is 0.771. The largest absolute Gasteiger partial charge is 0.493 e. The Morgan fingerprint density at radius 1 is 1.21 bits per heavy atom. The van der Waals surface area contributed by atoms with E-state index in [-0.39, 0.29) is 23.3 Å². The lowest BCUT2D eigenvalue weighted by atomic mass is 10.1. The van der Waals surface area contributed by atoms with Gasteiger partial charge in [0.15, 0.2) is 5.82 Å². The molecule has 0 aliphatic carbocycles. The lowest BCUT2D eigenvalue weighted by Gasteiger charge is -2.14. The first kappa shape index (κ1) is 15.6. The Kier molecular flexibility index (Phi) is 4.47. The van der Waals surface area contributed by atoms with Crippen LogP contribution in [0.1, 0.15) is 28.9 Å². The van der Waals surface area contributed by atoms with Crippen molar-refractivity contribution in [1.29, 1.82) is 0 Å². The monoisotopic (exact) mass is 319 g/mol. The minimum Gasteiger partial charge on any atom is -0.493 e. The minimum atomic E-state index is -0.444. The summed E-state index contributed by atoms with van der Waals surface area (Å²) in [6.45, 7) is 1.85. The molecule has 2 N–H and O–H groups in total. The fraction of sp³-hybridized carbons (Fsp3) is 0.111. The van der Waals surface area contributed by atoms with Crippen LogP contribution in [-0.4, -0.2) is 26.0 Å². The summed E-state index contributed by atoms with van der Waals surface area (Å²) in [5.74, 6) is -0.562. The number of pyridine rings is 1. The highest BCUT2D eigenvalue weighted by molar-refractivity contribution is 5.96. The number of aromatic nitrogens is 3. The van der Waals surface area contributed by atoms with E-state index in [1.54, 1.807) is 36.5 Å². The molecule has 2 heterocycles. The van der Waals surface area contributed by atoms with E-state index >= 15 is 0 Å². The van der Waals surface area contributed by atoms with Crippen molar-refractivity contribution in [2.45, 2.75) is 13.0 Å². The first-order valence-electron chi connectivity index (χ1n) is 7.39. The maximum atomic E-state index is 12.3. The minimum absolute atomic E-state index is 0.0176. The van der Waals surface area contributed by atoms with Gasteiger partial charge in [-0.15, -0.1) is 0 Å². The van der Waals surface area contributed by atoms with E-state index in [2.05, 4.69) is 26.3 Å². The van der Waals surface area contributed by atoms with E-state index in [9.17, 15) is 9.90 Å². The molecule has 119 valence electrons. The number of hydrogen-bond donors (Lipinski definition) is 2. The zero-order chi connectivity index (χ0) is 16.9. The predicted octanol–water partition coefficient (Wildman–Crippen LogP) is 2.54. The molecule has 0 bridgehead atoms. The Hall–Kier alpha value is -3.28. The van der Waals surface area contributed by atoms with Crippen molar-refractivity contribution in [3.05, 3.63) is 72.1 Å². The van der Waals surface area contributed by atoms with E-state index in [1.165, 1.54) is 6.20 Å². The molecule has 0 aliphatic heterocycles. The third-order valence-electron chi connectivity index (χ3n) is 3.50. The number of carbonyl (C=O) groups is 1. The number of aromatic hydroxyl groups is 1. The van der Waals surface area contributed by atoms with Gasteiger partial charge in [0.25, 0.3) is 5.91 Å². The van der Waals surface area contributed by atoms with Crippen molar-refractivity contribution in [3.8, 4) is 17.4 Å². The second-order valence-corrected chi connectivity index (χ2v) is 5.17. The molecule has 0 aliphatic rings. The molecule has 0 fully saturated rings. The smallest absolute Gasteiger partial charge is 0.258 e. The van der Waals surface area contributed by atoms with Gasteiger partial charge >= 0.3 is 0 Å². The van der Waals surface area contributed by atoms with Crippen LogP contribution in [0.3, 0.4) is 0 Å². The predicted molar refractivity (Wildman–Crippen MR) is 88.1 cm³/mol. The van der Waals surface area contributed by atoms with E-state index in [0.29, 0.717) is 5.69 Å². The maximum Gasteiger partial charge on any atom is 0.258 e. The summed E-state index contributed by atoms with van der Waals surface area (Å²) in [5, 5.41) is 12.9. The van der Waals surface area contributed by atoms with Crippen LogP contribution in [-0.2, 0) is 0 Å². The Bertz CT molecular complexity index is 838. The van der Waals surface area contributed by atoms with E-state index in [4.69, 9.17) is 0 Å². The van der Waals surface area contributed by atoms with Gasteiger partial charge in [0.2, 0.25) is 5.88 Å².